The maximum absolute atomic E-state index is 14.5. The monoisotopic (exact) mass is 789 g/mol. The molecule has 0 unspecified atom stereocenters. The van der Waals surface area contributed by atoms with Crippen molar-refractivity contribution in [2.75, 3.05) is 6.61 Å². The Morgan fingerprint density at radius 3 is 2.32 bits per heavy atom. The number of halogens is 4. The first-order valence-corrected chi connectivity index (χ1v) is 15.2. The standard InChI is InChI=1S/C28H28BF2I2N3O5/c1-15-25(32)17(3)34-27(15)24(28-16(2)26(33)18(4)35(28)29(30)31)19-9-5-6-10-20(19)40-14-8-7-11-23(39)41-36-21(37)12-13-22(36)38/h5-6,9-10H,7-8,11-14H2,1-4H3/b27-24-. The summed E-state index contributed by atoms with van der Waals surface area (Å²) in [4.78, 5) is 45.1. The van der Waals surface area contributed by atoms with Crippen LogP contribution in [0.4, 0.5) is 8.63 Å². The van der Waals surface area contributed by atoms with Gasteiger partial charge in [-0.05, 0) is 103 Å². The van der Waals surface area contributed by atoms with Gasteiger partial charge in [-0.15, -0.1) is 5.06 Å². The van der Waals surface area contributed by atoms with E-state index in [0.717, 1.165) is 28.5 Å². The molecule has 4 rings (SSSR count). The van der Waals surface area contributed by atoms with Gasteiger partial charge >= 0.3 is 13.4 Å². The molecule has 2 aliphatic heterocycles. The van der Waals surface area contributed by atoms with Crippen molar-refractivity contribution in [2.45, 2.75) is 59.8 Å². The third-order valence-corrected chi connectivity index (χ3v) is 10.1. The number of carbonyl (C=O) groups excluding carboxylic acids is 3. The Labute approximate surface area is 264 Å². The number of ether oxygens (including phenoxy) is 1. The van der Waals surface area contributed by atoms with Crippen molar-refractivity contribution in [3.05, 3.63) is 65.2 Å². The van der Waals surface area contributed by atoms with Crippen LogP contribution < -0.4 is 4.74 Å². The molecule has 0 spiro atoms. The summed E-state index contributed by atoms with van der Waals surface area (Å²) >= 11 is 4.33. The van der Waals surface area contributed by atoms with Crippen LogP contribution in [0.25, 0.3) is 5.57 Å². The first-order chi connectivity index (χ1) is 19.4. The number of imide groups is 1. The predicted octanol–water partition coefficient (Wildman–Crippen LogP) is 6.58. The van der Waals surface area contributed by atoms with Gasteiger partial charge in [0.1, 0.15) is 5.75 Å². The van der Waals surface area contributed by atoms with Crippen LogP contribution in [0.5, 0.6) is 5.75 Å². The fourth-order valence-corrected chi connectivity index (χ4v) is 5.72. The van der Waals surface area contributed by atoms with Crippen molar-refractivity contribution in [1.29, 1.82) is 0 Å². The number of carbonyl (C=O) groups is 3. The molecule has 0 bridgehead atoms. The molecule has 3 heterocycles. The average Bonchev–Trinajstić information content (AvgIpc) is 3.47. The molecular formula is C28H28BF2I2N3O5. The number of unbranched alkanes of at least 4 members (excludes halogenated alkanes) is 1. The second-order valence-corrected chi connectivity index (χ2v) is 11.9. The molecule has 41 heavy (non-hydrogen) atoms. The molecule has 13 heteroatoms. The minimum absolute atomic E-state index is 0.00655. The third kappa shape index (κ3) is 6.44. The van der Waals surface area contributed by atoms with E-state index in [4.69, 9.17) is 14.6 Å². The van der Waals surface area contributed by atoms with Gasteiger partial charge in [0.25, 0.3) is 11.8 Å². The molecule has 2 aromatic rings. The van der Waals surface area contributed by atoms with E-state index in [1.165, 1.54) is 0 Å². The zero-order valence-corrected chi connectivity index (χ0v) is 27.3. The third-order valence-electron chi connectivity index (χ3n) is 6.94. The van der Waals surface area contributed by atoms with Crippen LogP contribution in [0.3, 0.4) is 0 Å². The van der Waals surface area contributed by atoms with E-state index in [9.17, 15) is 23.0 Å². The van der Waals surface area contributed by atoms with E-state index in [1.54, 1.807) is 13.0 Å². The molecule has 2 amide bonds. The normalized spacial score (nSPS) is 16.5. The largest absolute Gasteiger partial charge is 0.677 e. The number of nitrogens with zero attached hydrogens (tertiary/aromatic N) is 3. The van der Waals surface area contributed by atoms with E-state index in [1.807, 2.05) is 39.0 Å². The number of hydrogen-bond donors (Lipinski definition) is 0. The van der Waals surface area contributed by atoms with Crippen LogP contribution in [-0.4, -0.2) is 47.0 Å². The van der Waals surface area contributed by atoms with Crippen molar-refractivity contribution in [3.8, 4) is 5.75 Å². The fraction of sp³-hybridized carbons (Fsp3) is 0.357. The van der Waals surface area contributed by atoms with Crippen molar-refractivity contribution < 1.29 is 32.6 Å². The number of amides is 2. The maximum atomic E-state index is 14.5. The molecule has 0 aliphatic carbocycles. The summed E-state index contributed by atoms with van der Waals surface area (Å²) in [6.07, 6.45) is 0.967. The van der Waals surface area contributed by atoms with E-state index in [2.05, 4.69) is 45.2 Å². The number of rotatable bonds is 10. The molecule has 0 saturated carbocycles. The first kappa shape index (κ1) is 31.4. The van der Waals surface area contributed by atoms with E-state index < -0.39 is 25.2 Å². The lowest BCUT2D eigenvalue weighted by molar-refractivity contribution is -0.197. The molecule has 0 radical (unpaired) electrons. The predicted molar refractivity (Wildman–Crippen MR) is 169 cm³/mol. The molecule has 0 N–H and O–H groups in total. The lowest BCUT2D eigenvalue weighted by Crippen LogP contribution is -2.31. The van der Waals surface area contributed by atoms with Gasteiger partial charge in [0.2, 0.25) is 0 Å². The Kier molecular flexibility index (Phi) is 10.1. The minimum atomic E-state index is -2.75. The number of benzene rings is 1. The Bertz CT molecular complexity index is 1500. The van der Waals surface area contributed by atoms with Crippen LogP contribution in [0.2, 0.25) is 0 Å². The summed E-state index contributed by atoms with van der Waals surface area (Å²) in [7, 11) is -2.75. The first-order valence-electron chi connectivity index (χ1n) is 13.0. The Morgan fingerprint density at radius 1 is 1.05 bits per heavy atom. The van der Waals surface area contributed by atoms with Crippen molar-refractivity contribution in [2.24, 2.45) is 4.99 Å². The fourth-order valence-electron chi connectivity index (χ4n) is 4.83. The number of hydrogen-bond acceptors (Lipinski definition) is 6. The quantitative estimate of drug-likeness (QED) is 0.118. The summed E-state index contributed by atoms with van der Waals surface area (Å²) in [6.45, 7) is 7.60. The summed E-state index contributed by atoms with van der Waals surface area (Å²) in [6, 6.07) is 7.27. The van der Waals surface area contributed by atoms with E-state index >= 15 is 0 Å². The highest BCUT2D eigenvalue weighted by Crippen LogP contribution is 2.43. The van der Waals surface area contributed by atoms with Crippen molar-refractivity contribution >= 4 is 81.7 Å². The molecule has 1 aromatic carbocycles. The Morgan fingerprint density at radius 2 is 1.71 bits per heavy atom. The molecule has 8 nitrogen and oxygen atoms in total. The van der Waals surface area contributed by atoms with Crippen LogP contribution >= 0.6 is 45.2 Å². The highest BCUT2D eigenvalue weighted by Gasteiger charge is 2.34. The lowest BCUT2D eigenvalue weighted by Gasteiger charge is -2.19. The van der Waals surface area contributed by atoms with Crippen LogP contribution in [-0.2, 0) is 19.2 Å². The molecule has 1 saturated heterocycles. The minimum Gasteiger partial charge on any atom is -0.493 e. The van der Waals surface area contributed by atoms with Gasteiger partial charge in [0, 0.05) is 48.9 Å². The van der Waals surface area contributed by atoms with E-state index in [-0.39, 0.29) is 25.9 Å². The number of para-hydroxylation sites is 1. The molecule has 2 aliphatic rings. The van der Waals surface area contributed by atoms with Crippen molar-refractivity contribution in [3.63, 3.8) is 0 Å². The summed E-state index contributed by atoms with van der Waals surface area (Å²) in [5.41, 5.74) is 5.14. The Balaban J connectivity index is 1.60. The molecule has 1 aromatic heterocycles. The van der Waals surface area contributed by atoms with Gasteiger partial charge < -0.3 is 14.1 Å². The van der Waals surface area contributed by atoms with Gasteiger partial charge in [-0.1, -0.05) is 18.2 Å². The highest BCUT2D eigenvalue weighted by atomic mass is 127. The van der Waals surface area contributed by atoms with Crippen molar-refractivity contribution in [1.82, 2.24) is 9.54 Å². The van der Waals surface area contributed by atoms with Crippen LogP contribution in [0.1, 0.15) is 68.5 Å². The smallest absolute Gasteiger partial charge is 0.493 e. The second-order valence-electron chi connectivity index (χ2n) is 9.73. The van der Waals surface area contributed by atoms with Gasteiger partial charge in [0.05, 0.1) is 18.0 Å². The summed E-state index contributed by atoms with van der Waals surface area (Å²) in [5.74, 6) is -1.20. The topological polar surface area (TPSA) is 90.2 Å². The van der Waals surface area contributed by atoms with Gasteiger partial charge in [-0.2, -0.15) is 0 Å². The number of allylic oxidation sites excluding steroid dienone is 2. The summed E-state index contributed by atoms with van der Waals surface area (Å²) in [5, 5.41) is 0.537. The Hall–Kier alpha value is -2.56. The highest BCUT2D eigenvalue weighted by molar-refractivity contribution is 14.1. The van der Waals surface area contributed by atoms with Gasteiger partial charge in [0.15, 0.2) is 0 Å². The number of aliphatic imine (C=N–C) groups is 1. The number of hydroxylamine groups is 2. The average molecular weight is 789 g/mol. The van der Waals surface area contributed by atoms with Gasteiger partial charge in [-0.25, -0.2) is 4.79 Å². The zero-order chi connectivity index (χ0) is 30.0. The number of aromatic nitrogens is 1. The second kappa shape index (κ2) is 13.2. The maximum Gasteiger partial charge on any atom is 0.677 e. The van der Waals surface area contributed by atoms with E-state index in [0.29, 0.717) is 51.9 Å². The van der Waals surface area contributed by atoms with Crippen LogP contribution in [0.15, 0.2) is 44.1 Å². The lowest BCUT2D eigenvalue weighted by atomic mass is 9.94. The van der Waals surface area contributed by atoms with Gasteiger partial charge in [-0.3, -0.25) is 23.2 Å². The van der Waals surface area contributed by atoms with Crippen LogP contribution in [0, 0.1) is 17.4 Å². The molecule has 1 fully saturated rings. The molecule has 216 valence electrons. The molecular weight excluding hydrogens is 761 g/mol. The zero-order valence-electron chi connectivity index (χ0n) is 23.0. The SMILES string of the molecule is CC1=N/C(=C(/c2ccccc2OCCCCC(=O)ON2C(=O)CCC2=O)c2c(C)c(I)c(C)n2B(F)F)C(C)=C1I. The molecule has 0 atom stereocenters. The summed E-state index contributed by atoms with van der Waals surface area (Å²) < 4.78 is 37.9.